The molecule has 0 aliphatic carbocycles. The third-order valence-electron chi connectivity index (χ3n) is 1.37. The van der Waals surface area contributed by atoms with Crippen LogP contribution >= 0.6 is 0 Å². The number of anilines is 1. The van der Waals surface area contributed by atoms with E-state index in [9.17, 15) is 8.76 Å². The zero-order valence-corrected chi connectivity index (χ0v) is 7.67. The summed E-state index contributed by atoms with van der Waals surface area (Å²) in [5.74, 6) is 0.740. The average molecular weight is 185 g/mol. The topological polar surface area (TPSA) is 56.3 Å². The molecule has 12 heavy (non-hydrogen) atoms. The second-order valence-corrected chi connectivity index (χ2v) is 3.42. The van der Waals surface area contributed by atoms with E-state index in [1.165, 1.54) is 12.3 Å². The van der Waals surface area contributed by atoms with Gasteiger partial charge in [0.15, 0.2) is 0 Å². The van der Waals surface area contributed by atoms with Crippen LogP contribution in [0.5, 0.6) is 0 Å². The summed E-state index contributed by atoms with van der Waals surface area (Å²) in [6.07, 6.45) is 1.33. The summed E-state index contributed by atoms with van der Waals surface area (Å²) < 4.78 is 20.9. The Balaban J connectivity index is 2.93. The molecule has 0 fully saturated rings. The second kappa shape index (κ2) is 3.64. The van der Waals surface area contributed by atoms with Crippen molar-refractivity contribution in [2.24, 2.45) is 0 Å². The molecule has 5 heteroatoms. The highest BCUT2D eigenvalue weighted by atomic mass is 32.2. The number of rotatable bonds is 2. The van der Waals surface area contributed by atoms with Gasteiger partial charge in [-0.3, -0.25) is 4.21 Å². The van der Waals surface area contributed by atoms with Crippen molar-refractivity contribution in [1.82, 2.24) is 4.98 Å². The third-order valence-corrected chi connectivity index (χ3v) is 2.00. The van der Waals surface area contributed by atoms with Crippen molar-refractivity contribution < 1.29 is 8.76 Å². The van der Waals surface area contributed by atoms with Gasteiger partial charge in [-0.25, -0.2) is 4.98 Å². The van der Waals surface area contributed by atoms with Crippen LogP contribution < -0.4 is 4.90 Å². The van der Waals surface area contributed by atoms with Gasteiger partial charge in [0, 0.05) is 25.2 Å². The van der Waals surface area contributed by atoms with E-state index in [0.29, 0.717) is 0 Å². The van der Waals surface area contributed by atoms with Crippen LogP contribution in [0.2, 0.25) is 0 Å². The lowest BCUT2D eigenvalue weighted by atomic mass is 10.4. The monoisotopic (exact) mass is 185 g/mol. The molecule has 0 bridgehead atoms. The summed E-state index contributed by atoms with van der Waals surface area (Å²) in [5, 5.41) is 0. The van der Waals surface area contributed by atoms with Gasteiger partial charge < -0.3 is 9.45 Å². The number of hydrogen-bond acceptors (Lipinski definition) is 4. The summed E-state index contributed by atoms with van der Waals surface area (Å²) >= 11 is -2.18. The molecule has 0 aliphatic heterocycles. The molecular weight excluding hydrogens is 176 g/mol. The predicted octanol–water partition coefficient (Wildman–Crippen LogP) is 0.386. The Labute approximate surface area is 73.5 Å². The molecule has 66 valence electrons. The average Bonchev–Trinajstić information content (AvgIpc) is 2.04. The van der Waals surface area contributed by atoms with Crippen LogP contribution in [0.1, 0.15) is 0 Å². The Morgan fingerprint density at radius 2 is 2.17 bits per heavy atom. The Morgan fingerprint density at radius 3 is 2.50 bits per heavy atom. The Hall–Kier alpha value is -0.940. The Morgan fingerprint density at radius 1 is 1.50 bits per heavy atom. The number of nitrogens with zero attached hydrogens (tertiary/aromatic N) is 2. The molecule has 0 amide bonds. The molecule has 0 saturated carbocycles. The minimum Gasteiger partial charge on any atom is -0.768 e. The van der Waals surface area contributed by atoms with Crippen LogP contribution in [-0.2, 0) is 11.1 Å². The molecule has 0 saturated heterocycles. The molecule has 1 atom stereocenters. The fourth-order valence-corrected chi connectivity index (χ4v) is 1.05. The minimum absolute atomic E-state index is 0.209. The van der Waals surface area contributed by atoms with Crippen LogP contribution in [0.25, 0.3) is 0 Å². The molecule has 1 unspecified atom stereocenters. The van der Waals surface area contributed by atoms with Crippen molar-refractivity contribution in [3.05, 3.63) is 18.3 Å². The molecule has 1 heterocycles. The summed E-state index contributed by atoms with van der Waals surface area (Å²) in [4.78, 5) is 5.94. The molecule has 4 nitrogen and oxygen atoms in total. The maximum Gasteiger partial charge on any atom is 0.128 e. The summed E-state index contributed by atoms with van der Waals surface area (Å²) in [6.45, 7) is 0. The third kappa shape index (κ3) is 2.02. The van der Waals surface area contributed by atoms with Gasteiger partial charge in [0.2, 0.25) is 0 Å². The molecule has 0 spiro atoms. The van der Waals surface area contributed by atoms with E-state index in [1.54, 1.807) is 11.0 Å². The highest BCUT2D eigenvalue weighted by Crippen LogP contribution is 2.09. The number of aromatic nitrogens is 1. The fraction of sp³-hybridized carbons (Fsp3) is 0.286. The zero-order chi connectivity index (χ0) is 9.14. The molecule has 0 aromatic carbocycles. The van der Waals surface area contributed by atoms with Crippen LogP contribution in [0, 0.1) is 0 Å². The summed E-state index contributed by atoms with van der Waals surface area (Å²) in [6, 6.07) is 3.18. The highest BCUT2D eigenvalue weighted by molar-refractivity contribution is 7.79. The first-order valence-corrected chi connectivity index (χ1v) is 4.41. The molecule has 0 N–H and O–H groups in total. The van der Waals surface area contributed by atoms with E-state index in [-0.39, 0.29) is 4.90 Å². The van der Waals surface area contributed by atoms with Crippen molar-refractivity contribution in [3.63, 3.8) is 0 Å². The molecule has 1 rings (SSSR count). The predicted molar refractivity (Wildman–Crippen MR) is 45.7 cm³/mol. The van der Waals surface area contributed by atoms with E-state index in [1.807, 2.05) is 14.1 Å². The minimum atomic E-state index is -2.18. The van der Waals surface area contributed by atoms with Crippen molar-refractivity contribution in [2.45, 2.75) is 4.90 Å². The van der Waals surface area contributed by atoms with Crippen molar-refractivity contribution in [2.75, 3.05) is 19.0 Å². The summed E-state index contributed by atoms with van der Waals surface area (Å²) in [7, 11) is 3.69. The van der Waals surface area contributed by atoms with Crippen LogP contribution in [0.4, 0.5) is 5.82 Å². The first-order valence-electron chi connectivity index (χ1n) is 3.34. The molecule has 0 aliphatic rings. The number of hydrogen-bond donors (Lipinski definition) is 0. The van der Waals surface area contributed by atoms with Gasteiger partial charge >= 0.3 is 0 Å². The van der Waals surface area contributed by atoms with Crippen LogP contribution in [0.3, 0.4) is 0 Å². The molecule has 1 aromatic rings. The number of pyridine rings is 1. The van der Waals surface area contributed by atoms with Crippen molar-refractivity contribution in [1.29, 1.82) is 0 Å². The van der Waals surface area contributed by atoms with E-state index < -0.39 is 11.1 Å². The van der Waals surface area contributed by atoms with Crippen LogP contribution in [0.15, 0.2) is 23.2 Å². The van der Waals surface area contributed by atoms with Gasteiger partial charge in [-0.2, -0.15) is 0 Å². The first-order chi connectivity index (χ1) is 5.61. The first kappa shape index (κ1) is 9.15. The lowest BCUT2D eigenvalue weighted by Gasteiger charge is -2.11. The lowest BCUT2D eigenvalue weighted by Crippen LogP contribution is -2.10. The van der Waals surface area contributed by atoms with Crippen LogP contribution in [-0.4, -0.2) is 27.8 Å². The molecule has 1 aromatic heterocycles. The van der Waals surface area contributed by atoms with Crippen molar-refractivity contribution >= 4 is 16.9 Å². The Bertz CT molecular complexity index is 284. The van der Waals surface area contributed by atoms with E-state index >= 15 is 0 Å². The standard InChI is InChI=1S/C7H10N2O2S/c1-9(2)7-4-3-6(5-8-7)12(10)11/h3-5H,1-2H3,(H,10,11)/p-1. The van der Waals surface area contributed by atoms with Gasteiger partial charge in [-0.1, -0.05) is 0 Å². The van der Waals surface area contributed by atoms with Gasteiger partial charge in [0.25, 0.3) is 0 Å². The van der Waals surface area contributed by atoms with Crippen molar-refractivity contribution in [3.8, 4) is 0 Å². The van der Waals surface area contributed by atoms with Gasteiger partial charge in [-0.15, -0.1) is 0 Å². The normalized spacial score (nSPS) is 12.6. The van der Waals surface area contributed by atoms with Gasteiger partial charge in [0.05, 0.1) is 0 Å². The van der Waals surface area contributed by atoms with E-state index in [4.69, 9.17) is 0 Å². The maximum atomic E-state index is 10.4. The van der Waals surface area contributed by atoms with Gasteiger partial charge in [0.1, 0.15) is 5.82 Å². The maximum absolute atomic E-state index is 10.4. The molecular formula is C7H9N2O2S-. The quantitative estimate of drug-likeness (QED) is 0.625. The zero-order valence-electron chi connectivity index (χ0n) is 6.85. The SMILES string of the molecule is CN(C)c1ccc(S(=O)[O-])cn1. The van der Waals surface area contributed by atoms with E-state index in [2.05, 4.69) is 4.98 Å². The fourth-order valence-electron chi connectivity index (χ4n) is 0.736. The smallest absolute Gasteiger partial charge is 0.128 e. The molecule has 0 radical (unpaired) electrons. The largest absolute Gasteiger partial charge is 0.768 e. The van der Waals surface area contributed by atoms with E-state index in [0.717, 1.165) is 5.82 Å². The second-order valence-electron chi connectivity index (χ2n) is 2.48. The highest BCUT2D eigenvalue weighted by Gasteiger charge is 1.96. The van der Waals surface area contributed by atoms with Gasteiger partial charge in [-0.05, 0) is 23.2 Å². The Kier molecular flexibility index (Phi) is 2.78. The lowest BCUT2D eigenvalue weighted by molar-refractivity contribution is 0.536. The summed E-state index contributed by atoms with van der Waals surface area (Å²) in [5.41, 5.74) is 0.